The van der Waals surface area contributed by atoms with Gasteiger partial charge in [-0.05, 0) is 50.4 Å². The van der Waals surface area contributed by atoms with Gasteiger partial charge in [0, 0.05) is 50.3 Å². The van der Waals surface area contributed by atoms with E-state index in [1.54, 1.807) is 6.20 Å². The largest absolute Gasteiger partial charge is 0.381 e. The third-order valence-electron chi connectivity index (χ3n) is 7.16. The average molecular weight is 488 g/mol. The molecule has 2 aliphatic heterocycles. The summed E-state index contributed by atoms with van der Waals surface area (Å²) in [5.74, 6) is 0.0704. The number of hydrogen-bond donors (Lipinski definition) is 1. The topological polar surface area (TPSA) is 83.5 Å². The van der Waals surface area contributed by atoms with Gasteiger partial charge in [-0.2, -0.15) is 5.10 Å². The van der Waals surface area contributed by atoms with E-state index < -0.39 is 0 Å². The second kappa shape index (κ2) is 10.5. The smallest absolute Gasteiger partial charge is 0.259 e. The summed E-state index contributed by atoms with van der Waals surface area (Å²) in [5.41, 5.74) is 3.02. The molecule has 2 aromatic heterocycles. The third-order valence-corrected chi connectivity index (χ3v) is 7.16. The van der Waals surface area contributed by atoms with Crippen LogP contribution in [0.5, 0.6) is 0 Å². The Morgan fingerprint density at radius 2 is 1.88 bits per heavy atom. The number of piperazine rings is 1. The number of fused-ring (bicyclic) bond motifs is 3. The number of benzene rings is 1. The van der Waals surface area contributed by atoms with Crippen molar-refractivity contribution in [1.29, 1.82) is 0 Å². The van der Waals surface area contributed by atoms with E-state index in [1.807, 2.05) is 28.6 Å². The molecule has 184 valence electrons. The Hall–Kier alpha value is -2.42. The number of aryl methyl sites for hydroxylation is 1. The fraction of sp³-hybridized carbons (Fsp3) is 0.560. The van der Waals surface area contributed by atoms with Crippen LogP contribution < -0.4 is 5.56 Å². The van der Waals surface area contributed by atoms with Crippen LogP contribution in [0.4, 0.5) is 0 Å². The standard InChI is InChI=1S/C25H33N5O3.ClH/c1-3-4-7-28-8-10-29(11-9-28)25(32)19-15-20-22(14-17(19)2)27-24(31)21-16-26-30(23(20)21)18-5-12-33-13-6-18;/h14-16,18H,3-13H2,1-2H3,(H,27,31);1H. The van der Waals surface area contributed by atoms with Gasteiger partial charge in [0.2, 0.25) is 0 Å². The molecule has 2 aliphatic rings. The number of carbonyl (C=O) groups excluding carboxylic acids is 1. The molecule has 2 saturated heterocycles. The first kappa shape index (κ1) is 24.7. The number of H-pyrrole nitrogens is 1. The quantitative estimate of drug-likeness (QED) is 0.595. The highest BCUT2D eigenvalue weighted by molar-refractivity contribution is 6.07. The van der Waals surface area contributed by atoms with Crippen LogP contribution in [0, 0.1) is 6.92 Å². The summed E-state index contributed by atoms with van der Waals surface area (Å²) in [6, 6.07) is 4.09. The number of ether oxygens (including phenoxy) is 1. The van der Waals surface area contributed by atoms with Crippen molar-refractivity contribution in [3.63, 3.8) is 0 Å². The lowest BCUT2D eigenvalue weighted by molar-refractivity contribution is 0.0635. The van der Waals surface area contributed by atoms with E-state index in [-0.39, 0.29) is 29.9 Å². The monoisotopic (exact) mass is 487 g/mol. The van der Waals surface area contributed by atoms with E-state index in [0.717, 1.165) is 67.5 Å². The van der Waals surface area contributed by atoms with E-state index in [2.05, 4.69) is 21.9 Å². The van der Waals surface area contributed by atoms with Gasteiger partial charge in [0.25, 0.3) is 11.5 Å². The maximum atomic E-state index is 13.5. The van der Waals surface area contributed by atoms with Crippen molar-refractivity contribution in [2.75, 3.05) is 45.9 Å². The van der Waals surface area contributed by atoms with Gasteiger partial charge in [-0.3, -0.25) is 19.2 Å². The van der Waals surface area contributed by atoms with Crippen molar-refractivity contribution < 1.29 is 9.53 Å². The first-order valence-electron chi connectivity index (χ1n) is 12.2. The molecule has 2 fully saturated rings. The van der Waals surface area contributed by atoms with E-state index in [4.69, 9.17) is 4.74 Å². The van der Waals surface area contributed by atoms with Crippen molar-refractivity contribution in [3.8, 4) is 0 Å². The number of hydrogen-bond acceptors (Lipinski definition) is 5. The van der Waals surface area contributed by atoms with Crippen LogP contribution in [0.15, 0.2) is 23.1 Å². The molecule has 8 nitrogen and oxygen atoms in total. The second-order valence-corrected chi connectivity index (χ2v) is 9.35. The van der Waals surface area contributed by atoms with Gasteiger partial charge in [-0.25, -0.2) is 0 Å². The summed E-state index contributed by atoms with van der Waals surface area (Å²) in [6.45, 7) is 10.00. The molecule has 0 radical (unpaired) electrons. The SMILES string of the molecule is CCCCN1CCN(C(=O)c2cc3c(cc2C)[nH]c(=O)c2cnn(C4CCOCC4)c23)CC1.Cl. The van der Waals surface area contributed by atoms with Gasteiger partial charge in [0.1, 0.15) is 0 Å². The van der Waals surface area contributed by atoms with E-state index >= 15 is 0 Å². The zero-order chi connectivity index (χ0) is 22.9. The molecule has 9 heteroatoms. The Balaban J connectivity index is 0.00000274. The molecule has 1 amide bonds. The Labute approximate surface area is 205 Å². The van der Waals surface area contributed by atoms with Crippen molar-refractivity contribution in [2.45, 2.75) is 45.6 Å². The van der Waals surface area contributed by atoms with Crippen molar-refractivity contribution in [2.24, 2.45) is 0 Å². The Morgan fingerprint density at radius 3 is 2.59 bits per heavy atom. The number of halogens is 1. The highest BCUT2D eigenvalue weighted by Gasteiger charge is 2.25. The number of amides is 1. The predicted molar refractivity (Wildman–Crippen MR) is 136 cm³/mol. The van der Waals surface area contributed by atoms with Crippen LogP contribution in [0.1, 0.15) is 54.6 Å². The molecule has 5 rings (SSSR count). The number of aromatic amines is 1. The van der Waals surface area contributed by atoms with Crippen molar-refractivity contribution in [3.05, 3.63) is 39.8 Å². The summed E-state index contributed by atoms with van der Waals surface area (Å²) < 4.78 is 7.50. The lowest BCUT2D eigenvalue weighted by Crippen LogP contribution is -2.48. The molecule has 0 spiro atoms. The average Bonchev–Trinajstić information content (AvgIpc) is 3.29. The minimum Gasteiger partial charge on any atom is -0.381 e. The number of carbonyl (C=O) groups is 1. The van der Waals surface area contributed by atoms with E-state index in [1.165, 1.54) is 12.8 Å². The minimum atomic E-state index is -0.141. The molecule has 0 atom stereocenters. The molecule has 34 heavy (non-hydrogen) atoms. The molecular formula is C25H34ClN5O3. The molecule has 0 saturated carbocycles. The zero-order valence-electron chi connectivity index (χ0n) is 20.0. The number of unbranched alkanes of at least 4 members (excludes halogenated alkanes) is 1. The Kier molecular flexibility index (Phi) is 7.60. The van der Waals surface area contributed by atoms with E-state index in [9.17, 15) is 9.59 Å². The Morgan fingerprint density at radius 1 is 1.15 bits per heavy atom. The van der Waals surface area contributed by atoms with Crippen LogP contribution in [-0.2, 0) is 4.74 Å². The maximum absolute atomic E-state index is 13.5. The van der Waals surface area contributed by atoms with Crippen LogP contribution >= 0.6 is 12.4 Å². The molecule has 3 aromatic rings. The minimum absolute atomic E-state index is 0. The van der Waals surface area contributed by atoms with Crippen LogP contribution in [-0.4, -0.2) is 76.4 Å². The summed E-state index contributed by atoms with van der Waals surface area (Å²) in [7, 11) is 0. The van der Waals surface area contributed by atoms with E-state index in [0.29, 0.717) is 24.2 Å². The number of nitrogens with one attached hydrogen (secondary N) is 1. The van der Waals surface area contributed by atoms with Gasteiger partial charge >= 0.3 is 0 Å². The number of rotatable bonds is 5. The molecule has 1 aromatic carbocycles. The van der Waals surface area contributed by atoms with Crippen LogP contribution in [0.25, 0.3) is 21.8 Å². The molecule has 0 bridgehead atoms. The fourth-order valence-corrected chi connectivity index (χ4v) is 5.16. The van der Waals surface area contributed by atoms with Gasteiger partial charge in [-0.15, -0.1) is 12.4 Å². The second-order valence-electron chi connectivity index (χ2n) is 9.35. The summed E-state index contributed by atoms with van der Waals surface area (Å²) in [5, 5.41) is 6.04. The number of aromatic nitrogens is 3. The normalized spacial score (nSPS) is 17.9. The zero-order valence-corrected chi connectivity index (χ0v) is 20.8. The van der Waals surface area contributed by atoms with Gasteiger partial charge in [-0.1, -0.05) is 13.3 Å². The predicted octanol–water partition coefficient (Wildman–Crippen LogP) is 3.52. The van der Waals surface area contributed by atoms with Crippen molar-refractivity contribution >= 4 is 40.1 Å². The fourth-order valence-electron chi connectivity index (χ4n) is 5.16. The highest BCUT2D eigenvalue weighted by Crippen LogP contribution is 2.30. The summed E-state index contributed by atoms with van der Waals surface area (Å²) >= 11 is 0. The van der Waals surface area contributed by atoms with Crippen LogP contribution in [0.2, 0.25) is 0 Å². The first-order chi connectivity index (χ1) is 16.1. The molecule has 4 heterocycles. The molecular weight excluding hydrogens is 454 g/mol. The summed E-state index contributed by atoms with van der Waals surface area (Å²) in [4.78, 5) is 33.7. The summed E-state index contributed by atoms with van der Waals surface area (Å²) in [6.07, 6.45) is 5.78. The number of nitrogens with zero attached hydrogens (tertiary/aromatic N) is 4. The molecule has 0 aliphatic carbocycles. The lowest BCUT2D eigenvalue weighted by Gasteiger charge is -2.35. The highest BCUT2D eigenvalue weighted by atomic mass is 35.5. The van der Waals surface area contributed by atoms with Gasteiger partial charge in [0.05, 0.1) is 28.7 Å². The van der Waals surface area contributed by atoms with Gasteiger partial charge < -0.3 is 14.6 Å². The van der Waals surface area contributed by atoms with Gasteiger partial charge in [0.15, 0.2) is 0 Å². The van der Waals surface area contributed by atoms with Crippen LogP contribution in [0.3, 0.4) is 0 Å². The van der Waals surface area contributed by atoms with Crippen molar-refractivity contribution in [1.82, 2.24) is 24.6 Å². The lowest BCUT2D eigenvalue weighted by atomic mass is 10.0. The maximum Gasteiger partial charge on any atom is 0.259 e. The first-order valence-corrected chi connectivity index (χ1v) is 12.2. The Bertz CT molecular complexity index is 1220. The third kappa shape index (κ3) is 4.59. The molecule has 1 N–H and O–H groups in total. The number of pyridine rings is 1. The molecule has 0 unspecified atom stereocenters.